The zero-order chi connectivity index (χ0) is 15.1. The van der Waals surface area contributed by atoms with Crippen molar-refractivity contribution in [1.82, 2.24) is 0 Å². The Morgan fingerprint density at radius 3 is 2.67 bits per heavy atom. The van der Waals surface area contributed by atoms with E-state index in [1.165, 1.54) is 4.90 Å². The Morgan fingerprint density at radius 2 is 2.00 bits per heavy atom. The average Bonchev–Trinajstić information content (AvgIpc) is 2.55. The van der Waals surface area contributed by atoms with Gasteiger partial charge in [0.05, 0.1) is 6.04 Å². The third-order valence-corrected chi connectivity index (χ3v) is 3.88. The number of rotatable bonds is 6. The molecule has 0 bridgehead atoms. The van der Waals surface area contributed by atoms with E-state index in [4.69, 9.17) is 10.9 Å². The van der Waals surface area contributed by atoms with E-state index in [2.05, 4.69) is 22.6 Å². The van der Waals surface area contributed by atoms with Crippen LogP contribution in [0.4, 0.5) is 5.69 Å². The summed E-state index contributed by atoms with van der Waals surface area (Å²) < 4.78 is 0. The highest BCUT2D eigenvalue weighted by molar-refractivity contribution is 7.98. The Hall–Kier alpha value is -2.14. The Morgan fingerprint density at radius 1 is 1.24 bits per heavy atom. The summed E-state index contributed by atoms with van der Waals surface area (Å²) in [6, 6.07) is 18.1. The molecule has 0 fully saturated rings. The van der Waals surface area contributed by atoms with Crippen LogP contribution in [-0.4, -0.2) is 17.3 Å². The van der Waals surface area contributed by atoms with Gasteiger partial charge in [-0.3, -0.25) is 0 Å². The summed E-state index contributed by atoms with van der Waals surface area (Å²) in [6.07, 6.45) is 2.48. The molecule has 0 aliphatic rings. The maximum absolute atomic E-state index is 8.81. The van der Waals surface area contributed by atoms with E-state index in [1.54, 1.807) is 11.8 Å². The molecule has 0 spiro atoms. The highest BCUT2D eigenvalue weighted by atomic mass is 32.2. The lowest BCUT2D eigenvalue weighted by Gasteiger charge is -2.20. The Labute approximate surface area is 129 Å². The number of thioether (sulfide) groups is 1. The summed E-state index contributed by atoms with van der Waals surface area (Å²) in [5.74, 6) is 0.206. The molecule has 4 nitrogen and oxygen atoms in total. The van der Waals surface area contributed by atoms with Gasteiger partial charge in [-0.2, -0.15) is 0 Å². The van der Waals surface area contributed by atoms with Crippen LogP contribution in [0.5, 0.6) is 0 Å². The lowest BCUT2D eigenvalue weighted by molar-refractivity contribution is 0.316. The van der Waals surface area contributed by atoms with E-state index < -0.39 is 0 Å². The number of nitrogens with two attached hydrogens (primary N) is 1. The van der Waals surface area contributed by atoms with Gasteiger partial charge in [-0.1, -0.05) is 41.6 Å². The summed E-state index contributed by atoms with van der Waals surface area (Å²) in [5.41, 5.74) is 7.79. The molecule has 110 valence electrons. The summed E-state index contributed by atoms with van der Waals surface area (Å²) >= 11 is 1.70. The molecular weight excluding hydrogens is 282 g/mol. The Bertz CT molecular complexity index is 601. The third kappa shape index (κ3) is 4.43. The molecule has 4 N–H and O–H groups in total. The fourth-order valence-corrected chi connectivity index (χ4v) is 2.56. The molecule has 0 heterocycles. The van der Waals surface area contributed by atoms with Gasteiger partial charge in [0.25, 0.3) is 0 Å². The van der Waals surface area contributed by atoms with Gasteiger partial charge in [0.15, 0.2) is 0 Å². The number of amidine groups is 1. The molecular formula is C16H19N3OS. The van der Waals surface area contributed by atoms with Crippen LogP contribution in [0.25, 0.3) is 0 Å². The SMILES string of the molecule is CSc1cccc(NC(CC(N)=NO)c2ccccc2)c1. The number of nitrogens with one attached hydrogen (secondary N) is 1. The molecule has 0 aliphatic carbocycles. The van der Waals surface area contributed by atoms with Crippen molar-refractivity contribution < 1.29 is 5.21 Å². The van der Waals surface area contributed by atoms with Crippen LogP contribution in [0.2, 0.25) is 0 Å². The van der Waals surface area contributed by atoms with Crippen LogP contribution in [0, 0.1) is 0 Å². The van der Waals surface area contributed by atoms with E-state index in [-0.39, 0.29) is 11.9 Å². The topological polar surface area (TPSA) is 70.6 Å². The molecule has 0 saturated heterocycles. The van der Waals surface area contributed by atoms with Crippen LogP contribution in [0.1, 0.15) is 18.0 Å². The van der Waals surface area contributed by atoms with Gasteiger partial charge in [0.2, 0.25) is 0 Å². The second kappa shape index (κ2) is 7.59. The molecule has 2 rings (SSSR count). The first-order valence-corrected chi connectivity index (χ1v) is 7.87. The quantitative estimate of drug-likeness (QED) is 0.250. The van der Waals surface area contributed by atoms with Crippen molar-refractivity contribution in [2.75, 3.05) is 11.6 Å². The zero-order valence-electron chi connectivity index (χ0n) is 11.9. The molecule has 0 aromatic heterocycles. The number of benzene rings is 2. The van der Waals surface area contributed by atoms with Crippen LogP contribution >= 0.6 is 11.8 Å². The van der Waals surface area contributed by atoms with Crippen molar-refractivity contribution >= 4 is 23.3 Å². The largest absolute Gasteiger partial charge is 0.409 e. The van der Waals surface area contributed by atoms with Crippen LogP contribution in [0.3, 0.4) is 0 Å². The van der Waals surface area contributed by atoms with Crippen LogP contribution in [0.15, 0.2) is 64.6 Å². The highest BCUT2D eigenvalue weighted by Gasteiger charge is 2.13. The van der Waals surface area contributed by atoms with Crippen molar-refractivity contribution in [3.63, 3.8) is 0 Å². The van der Waals surface area contributed by atoms with E-state index in [1.807, 2.05) is 48.7 Å². The third-order valence-electron chi connectivity index (χ3n) is 3.15. The van der Waals surface area contributed by atoms with Crippen LogP contribution < -0.4 is 11.1 Å². The molecule has 21 heavy (non-hydrogen) atoms. The number of hydrogen-bond acceptors (Lipinski definition) is 4. The standard InChI is InChI=1S/C16H19N3OS/c1-21-14-9-5-8-13(10-14)18-15(11-16(17)19-20)12-6-3-2-4-7-12/h2-10,15,18,20H,11H2,1H3,(H2,17,19). The maximum Gasteiger partial charge on any atom is 0.141 e. The minimum absolute atomic E-state index is 0.0424. The second-order valence-electron chi connectivity index (χ2n) is 4.64. The number of hydrogen-bond donors (Lipinski definition) is 3. The van der Waals surface area contributed by atoms with Gasteiger partial charge in [0.1, 0.15) is 5.84 Å². The average molecular weight is 301 g/mol. The van der Waals surface area contributed by atoms with Crippen molar-refractivity contribution in [1.29, 1.82) is 0 Å². The summed E-state index contributed by atoms with van der Waals surface area (Å²) in [6.45, 7) is 0. The fraction of sp³-hybridized carbons (Fsp3) is 0.188. The molecule has 0 radical (unpaired) electrons. The molecule has 5 heteroatoms. The second-order valence-corrected chi connectivity index (χ2v) is 5.51. The maximum atomic E-state index is 8.81. The lowest BCUT2D eigenvalue weighted by atomic mass is 10.0. The van der Waals surface area contributed by atoms with Crippen molar-refractivity contribution in [2.45, 2.75) is 17.4 Å². The fourth-order valence-electron chi connectivity index (χ4n) is 2.10. The molecule has 1 atom stereocenters. The first kappa shape index (κ1) is 15.3. The Kier molecular flexibility index (Phi) is 5.51. The minimum atomic E-state index is -0.0424. The first-order valence-electron chi connectivity index (χ1n) is 6.65. The normalized spacial score (nSPS) is 12.9. The van der Waals surface area contributed by atoms with Crippen molar-refractivity contribution in [3.8, 4) is 0 Å². The van der Waals surface area contributed by atoms with Crippen LogP contribution in [-0.2, 0) is 0 Å². The van der Waals surface area contributed by atoms with Crippen molar-refractivity contribution in [2.24, 2.45) is 10.9 Å². The summed E-state index contributed by atoms with van der Waals surface area (Å²) in [5, 5.41) is 15.3. The van der Waals surface area contributed by atoms with Gasteiger partial charge >= 0.3 is 0 Å². The Balaban J connectivity index is 2.23. The van der Waals surface area contributed by atoms with Gasteiger partial charge < -0.3 is 16.3 Å². The smallest absolute Gasteiger partial charge is 0.141 e. The van der Waals surface area contributed by atoms with Gasteiger partial charge in [-0.25, -0.2) is 0 Å². The molecule has 2 aromatic rings. The molecule has 0 saturated carbocycles. The van der Waals surface area contributed by atoms with E-state index in [0.29, 0.717) is 6.42 Å². The van der Waals surface area contributed by atoms with E-state index in [0.717, 1.165) is 11.3 Å². The van der Waals surface area contributed by atoms with E-state index >= 15 is 0 Å². The zero-order valence-corrected chi connectivity index (χ0v) is 12.7. The predicted molar refractivity (Wildman–Crippen MR) is 89.1 cm³/mol. The highest BCUT2D eigenvalue weighted by Crippen LogP contribution is 2.25. The van der Waals surface area contributed by atoms with Gasteiger partial charge in [0, 0.05) is 17.0 Å². The summed E-state index contributed by atoms with van der Waals surface area (Å²) in [4.78, 5) is 1.19. The number of nitrogens with zero attached hydrogens (tertiary/aromatic N) is 1. The first-order chi connectivity index (χ1) is 10.2. The monoisotopic (exact) mass is 301 g/mol. The minimum Gasteiger partial charge on any atom is -0.409 e. The summed E-state index contributed by atoms with van der Waals surface area (Å²) in [7, 11) is 0. The van der Waals surface area contributed by atoms with Gasteiger partial charge in [-0.15, -0.1) is 11.8 Å². The lowest BCUT2D eigenvalue weighted by Crippen LogP contribution is -2.21. The molecule has 0 amide bonds. The molecule has 2 aromatic carbocycles. The number of oxime groups is 1. The van der Waals surface area contributed by atoms with Crippen molar-refractivity contribution in [3.05, 3.63) is 60.2 Å². The number of anilines is 1. The molecule has 0 aliphatic heterocycles. The van der Waals surface area contributed by atoms with E-state index in [9.17, 15) is 0 Å². The van der Waals surface area contributed by atoms with Gasteiger partial charge in [-0.05, 0) is 30.0 Å². The molecule has 1 unspecified atom stereocenters. The predicted octanol–water partition coefficient (Wildman–Crippen LogP) is 3.70.